The maximum Gasteiger partial charge on any atom is 0.417 e. The predicted molar refractivity (Wildman–Crippen MR) is 232 cm³/mol. The Morgan fingerprint density at radius 3 is 2.15 bits per heavy atom. The van der Waals surface area contributed by atoms with Crippen LogP contribution in [-0.4, -0.2) is 64.4 Å². The van der Waals surface area contributed by atoms with Crippen molar-refractivity contribution >= 4 is 113 Å². The molecule has 0 spiro atoms. The lowest BCUT2D eigenvalue weighted by Crippen LogP contribution is -2.39. The van der Waals surface area contributed by atoms with Gasteiger partial charge in [-0.15, -0.1) is 11.6 Å². The van der Waals surface area contributed by atoms with Crippen molar-refractivity contribution in [2.45, 2.75) is 24.6 Å². The molecule has 0 radical (unpaired) electrons. The number of ether oxygens (including phenoxy) is 1. The van der Waals surface area contributed by atoms with Crippen LogP contribution in [0.25, 0.3) is 32.6 Å². The summed E-state index contributed by atoms with van der Waals surface area (Å²) in [5, 5.41) is 11.2. The van der Waals surface area contributed by atoms with Crippen molar-refractivity contribution in [3.8, 4) is 5.75 Å². The lowest BCUT2D eigenvalue weighted by atomic mass is 10.0. The van der Waals surface area contributed by atoms with Crippen LogP contribution >= 0.6 is 24.2 Å². The maximum atomic E-state index is 14.4. The highest BCUT2D eigenvalue weighted by Crippen LogP contribution is 2.43. The molecule has 6 N–H and O–H groups in total. The standard InChI is InChI=1S/C42H35ClN6O8S2/c43-21-29-19-32-30-6-1-2-7-31(30)38(57-42(53)46-26-5-3-4-23(14-26)22-59(54,55)56)20-37(32)49(29)41(52)36-18-25-16-28(9-11-34(25)48-36)45-40(51)35-17-24-15-27(8-10-33(24)47-35)44-39(50)12-13-58/h1-11,14-18,20,29,47-48,58H,12-13,19,21-22H2,(H,44,50)(H,45,51)(H,46,53)(H,54,55,56)/t29-/m0/s1. The molecule has 5 aromatic carbocycles. The number of amides is 4. The van der Waals surface area contributed by atoms with Crippen LogP contribution in [-0.2, 0) is 27.1 Å². The smallest absolute Gasteiger partial charge is 0.409 e. The molecule has 1 aliphatic rings. The fraction of sp³-hybridized carbons (Fsp3) is 0.143. The van der Waals surface area contributed by atoms with Crippen LogP contribution in [0.5, 0.6) is 5.75 Å². The number of hydrogen-bond acceptors (Lipinski definition) is 8. The van der Waals surface area contributed by atoms with Crippen molar-refractivity contribution in [3.63, 3.8) is 0 Å². The Labute approximate surface area is 347 Å². The second-order valence-electron chi connectivity index (χ2n) is 14.0. The summed E-state index contributed by atoms with van der Waals surface area (Å²) in [6.07, 6.45) is -0.120. The third kappa shape index (κ3) is 8.47. The molecule has 8 rings (SSSR count). The second kappa shape index (κ2) is 16.1. The average molecular weight is 851 g/mol. The SMILES string of the molecule is O=C(CCS)Nc1ccc2[nH]c(C(=O)Nc3ccc4[nH]c(C(=O)N5c6cc(OC(=O)Nc7cccc(CS(=O)(=O)O)c7)c7ccccc7c6C[C@H]5CCl)cc4c3)cc2c1. The van der Waals surface area contributed by atoms with E-state index in [0.29, 0.717) is 51.2 Å². The molecular weight excluding hydrogens is 816 g/mol. The molecule has 14 nitrogen and oxygen atoms in total. The number of rotatable bonds is 11. The first-order valence-corrected chi connectivity index (χ1v) is 21.1. The van der Waals surface area contributed by atoms with Gasteiger partial charge in [0.05, 0.1) is 11.7 Å². The van der Waals surface area contributed by atoms with E-state index >= 15 is 0 Å². The minimum Gasteiger partial charge on any atom is -0.409 e. The Bertz CT molecular complexity index is 2950. The van der Waals surface area contributed by atoms with Crippen LogP contribution in [0.1, 0.15) is 38.5 Å². The first-order chi connectivity index (χ1) is 28.3. The lowest BCUT2D eigenvalue weighted by molar-refractivity contribution is -0.115. The van der Waals surface area contributed by atoms with Gasteiger partial charge in [0.2, 0.25) is 5.91 Å². The molecule has 17 heteroatoms. The van der Waals surface area contributed by atoms with Crippen molar-refractivity contribution in [1.29, 1.82) is 0 Å². The summed E-state index contributed by atoms with van der Waals surface area (Å²) < 4.78 is 37.8. The van der Waals surface area contributed by atoms with E-state index in [4.69, 9.17) is 16.3 Å². The van der Waals surface area contributed by atoms with Crippen molar-refractivity contribution in [3.05, 3.63) is 126 Å². The van der Waals surface area contributed by atoms with Gasteiger partial charge in [0, 0.05) is 62.6 Å². The van der Waals surface area contributed by atoms with Gasteiger partial charge in [0.15, 0.2) is 0 Å². The fourth-order valence-corrected chi connectivity index (χ4v) is 8.38. The van der Waals surface area contributed by atoms with Crippen LogP contribution in [0.15, 0.2) is 103 Å². The molecular formula is C42H35ClN6O8S2. The molecule has 0 unspecified atom stereocenters. The topological polar surface area (TPSA) is 203 Å². The van der Waals surface area contributed by atoms with E-state index in [-0.39, 0.29) is 52.7 Å². The number of alkyl halides is 1. The largest absolute Gasteiger partial charge is 0.417 e. The molecule has 59 heavy (non-hydrogen) atoms. The van der Waals surface area contributed by atoms with Gasteiger partial charge in [0.25, 0.3) is 21.9 Å². The summed E-state index contributed by atoms with van der Waals surface area (Å²) in [6, 6.07) is 28.5. The van der Waals surface area contributed by atoms with Gasteiger partial charge in [-0.25, -0.2) is 4.79 Å². The molecule has 300 valence electrons. The number of nitrogens with one attached hydrogen (secondary N) is 5. The highest BCUT2D eigenvalue weighted by atomic mass is 35.5. The van der Waals surface area contributed by atoms with Gasteiger partial charge >= 0.3 is 6.09 Å². The number of H-pyrrole nitrogens is 2. The minimum atomic E-state index is -4.29. The Morgan fingerprint density at radius 2 is 1.46 bits per heavy atom. The summed E-state index contributed by atoms with van der Waals surface area (Å²) in [6.45, 7) is 0. The first kappa shape index (κ1) is 39.5. The highest BCUT2D eigenvalue weighted by molar-refractivity contribution is 7.85. The molecule has 4 amide bonds. The normalized spacial score (nSPS) is 13.7. The monoisotopic (exact) mass is 850 g/mol. The number of fused-ring (bicyclic) bond motifs is 5. The summed E-state index contributed by atoms with van der Waals surface area (Å²) in [5.41, 5.74) is 4.99. The zero-order valence-corrected chi connectivity index (χ0v) is 33.4. The van der Waals surface area contributed by atoms with E-state index in [1.54, 1.807) is 77.7 Å². The molecule has 0 aliphatic carbocycles. The fourth-order valence-electron chi connectivity index (χ4n) is 7.33. The van der Waals surface area contributed by atoms with Gasteiger partial charge in [-0.3, -0.25) is 24.3 Å². The number of hydrogen-bond donors (Lipinski definition) is 7. The zero-order chi connectivity index (χ0) is 41.4. The third-order valence-electron chi connectivity index (χ3n) is 9.88. The number of aromatic amines is 2. The molecule has 1 atom stereocenters. The number of nitrogens with zero attached hydrogens (tertiary/aromatic N) is 1. The number of thiol groups is 1. The predicted octanol–water partition coefficient (Wildman–Crippen LogP) is 8.12. The lowest BCUT2D eigenvalue weighted by Gasteiger charge is -2.24. The number of carbonyl (C=O) groups excluding carboxylic acids is 4. The maximum absolute atomic E-state index is 14.4. The van der Waals surface area contributed by atoms with Crippen LogP contribution in [0.4, 0.5) is 27.5 Å². The average Bonchev–Trinajstić information content (AvgIpc) is 3.92. The van der Waals surface area contributed by atoms with Crippen molar-refractivity contribution in [2.75, 3.05) is 32.5 Å². The number of halogens is 1. The van der Waals surface area contributed by atoms with Crippen molar-refractivity contribution < 1.29 is 36.9 Å². The molecule has 0 fully saturated rings. The Balaban J connectivity index is 1.03. The van der Waals surface area contributed by atoms with E-state index in [0.717, 1.165) is 21.9 Å². The summed E-state index contributed by atoms with van der Waals surface area (Å²) >= 11 is 10.6. The summed E-state index contributed by atoms with van der Waals surface area (Å²) in [5.74, 6) is -0.777. The van der Waals surface area contributed by atoms with E-state index in [1.165, 1.54) is 18.2 Å². The summed E-state index contributed by atoms with van der Waals surface area (Å²) in [4.78, 5) is 60.8. The number of carbonyl (C=O) groups is 4. The van der Waals surface area contributed by atoms with E-state index < -0.39 is 28.0 Å². The van der Waals surface area contributed by atoms with Crippen LogP contribution in [0, 0.1) is 0 Å². The molecule has 7 aromatic rings. The second-order valence-corrected chi connectivity index (χ2v) is 16.2. The van der Waals surface area contributed by atoms with Crippen LogP contribution in [0.3, 0.4) is 0 Å². The summed E-state index contributed by atoms with van der Waals surface area (Å²) in [7, 11) is -4.29. The Hall–Kier alpha value is -6.33. The van der Waals surface area contributed by atoms with Crippen LogP contribution < -0.4 is 25.6 Å². The van der Waals surface area contributed by atoms with Gasteiger partial charge in [-0.2, -0.15) is 21.0 Å². The molecule has 0 saturated carbocycles. The van der Waals surface area contributed by atoms with Gasteiger partial charge in [-0.1, -0.05) is 36.4 Å². The molecule has 0 saturated heterocycles. The molecule has 1 aliphatic heterocycles. The number of anilines is 4. The third-order valence-corrected chi connectivity index (χ3v) is 11.2. The van der Waals surface area contributed by atoms with E-state index in [9.17, 15) is 32.1 Å². The quantitative estimate of drug-likeness (QED) is 0.0384. The zero-order valence-electron chi connectivity index (χ0n) is 30.9. The Kier molecular flexibility index (Phi) is 10.8. The first-order valence-electron chi connectivity index (χ1n) is 18.3. The van der Waals surface area contributed by atoms with Gasteiger partial charge in [0.1, 0.15) is 22.9 Å². The Morgan fingerprint density at radius 1 is 0.797 bits per heavy atom. The number of aromatic nitrogens is 2. The van der Waals surface area contributed by atoms with E-state index in [2.05, 4.69) is 38.5 Å². The van der Waals surface area contributed by atoms with E-state index in [1.807, 2.05) is 12.1 Å². The number of benzene rings is 5. The highest BCUT2D eigenvalue weighted by Gasteiger charge is 2.37. The molecule has 3 heterocycles. The molecule has 0 bridgehead atoms. The van der Waals surface area contributed by atoms with Crippen LogP contribution in [0.2, 0.25) is 0 Å². The minimum absolute atomic E-state index is 0.126. The molecule has 2 aromatic heterocycles. The van der Waals surface area contributed by atoms with Gasteiger partial charge < -0.3 is 30.2 Å². The van der Waals surface area contributed by atoms with Gasteiger partial charge in [-0.05, 0) is 89.4 Å². The van der Waals surface area contributed by atoms with Crippen molar-refractivity contribution in [2.24, 2.45) is 0 Å². The van der Waals surface area contributed by atoms with Crippen molar-refractivity contribution in [1.82, 2.24) is 9.97 Å².